The van der Waals surface area contributed by atoms with Crippen molar-refractivity contribution in [3.05, 3.63) is 81.1 Å². The molecule has 5 rings (SSSR count). The van der Waals surface area contributed by atoms with E-state index in [4.69, 9.17) is 29.0 Å². The van der Waals surface area contributed by atoms with E-state index in [2.05, 4.69) is 20.1 Å². The van der Waals surface area contributed by atoms with Gasteiger partial charge in [-0.05, 0) is 54.8 Å². The molecule has 1 atom stereocenters. The van der Waals surface area contributed by atoms with Crippen LogP contribution in [0.5, 0.6) is 0 Å². The highest BCUT2D eigenvalue weighted by molar-refractivity contribution is 6.31. The second kappa shape index (κ2) is 9.06. The lowest BCUT2D eigenvalue weighted by molar-refractivity contribution is 0.515. The third-order valence-electron chi connectivity index (χ3n) is 6.02. The Morgan fingerprint density at radius 3 is 2.69 bits per heavy atom. The highest BCUT2D eigenvalue weighted by atomic mass is 35.5. The monoisotopic (exact) mass is 511 g/mol. The quantitative estimate of drug-likeness (QED) is 0.105. The number of hydrazone groups is 1. The number of fused-ring (bicyclic) bond motifs is 1. The standard InChI is InChI=1S/C23H20ClF2N9O/c24-12-1-4-16(34(29)10-30-28)15(9-12)11-7-13-2-5-17(35(13)19(36)8-11)20-22(26)33-23(32-20)14-3-6-18(27)31-21(14)25/h1,3-4,6-10,17H,2,5,28-29H2,(H2,27,31)(H,32,33)/b30-10-/t17-/m1/s1. The molecule has 0 spiro atoms. The summed E-state index contributed by atoms with van der Waals surface area (Å²) < 4.78 is 30.7. The summed E-state index contributed by atoms with van der Waals surface area (Å²) in [5.74, 6) is 9.48. The molecule has 3 aromatic heterocycles. The van der Waals surface area contributed by atoms with Gasteiger partial charge in [0.2, 0.25) is 11.9 Å². The van der Waals surface area contributed by atoms with Gasteiger partial charge < -0.3 is 21.1 Å². The van der Waals surface area contributed by atoms with Crippen LogP contribution in [0.1, 0.15) is 23.9 Å². The lowest BCUT2D eigenvalue weighted by Gasteiger charge is -2.19. The number of hydrazine groups is 1. The summed E-state index contributed by atoms with van der Waals surface area (Å²) >= 11 is 6.21. The van der Waals surface area contributed by atoms with Gasteiger partial charge in [0, 0.05) is 22.3 Å². The largest absolute Gasteiger partial charge is 0.384 e. The van der Waals surface area contributed by atoms with Crippen molar-refractivity contribution in [3.63, 3.8) is 0 Å². The van der Waals surface area contributed by atoms with Crippen molar-refractivity contribution in [1.29, 1.82) is 0 Å². The molecule has 4 aromatic rings. The number of imidazole rings is 1. The molecule has 10 nitrogen and oxygen atoms in total. The van der Waals surface area contributed by atoms with E-state index < -0.39 is 17.9 Å². The molecule has 1 aliphatic heterocycles. The van der Waals surface area contributed by atoms with Crippen LogP contribution in [0.4, 0.5) is 20.3 Å². The fourth-order valence-electron chi connectivity index (χ4n) is 4.46. The van der Waals surface area contributed by atoms with E-state index in [9.17, 15) is 13.6 Å². The van der Waals surface area contributed by atoms with Crippen LogP contribution in [-0.4, -0.2) is 25.9 Å². The Kier molecular flexibility index (Phi) is 5.90. The number of aryl methyl sites for hydroxylation is 1. The van der Waals surface area contributed by atoms with E-state index in [1.165, 1.54) is 34.1 Å². The van der Waals surface area contributed by atoms with E-state index >= 15 is 0 Å². The molecule has 1 aromatic carbocycles. The second-order valence-electron chi connectivity index (χ2n) is 8.20. The summed E-state index contributed by atoms with van der Waals surface area (Å²) in [5, 5.41) is 5.09. The van der Waals surface area contributed by atoms with Crippen molar-refractivity contribution in [2.75, 3.05) is 10.7 Å². The van der Waals surface area contributed by atoms with E-state index in [1.807, 2.05) is 6.07 Å². The Hall–Kier alpha value is -4.29. The van der Waals surface area contributed by atoms with Crippen LogP contribution in [0, 0.1) is 11.9 Å². The maximum Gasteiger partial charge on any atom is 0.251 e. The number of halogens is 3. The van der Waals surface area contributed by atoms with Crippen LogP contribution in [0.15, 0.2) is 52.4 Å². The Labute approximate surface area is 208 Å². The molecule has 0 saturated carbocycles. The number of H-pyrrole nitrogens is 1. The summed E-state index contributed by atoms with van der Waals surface area (Å²) in [6.07, 6.45) is 2.15. The first kappa shape index (κ1) is 23.5. The zero-order valence-corrected chi connectivity index (χ0v) is 19.4. The zero-order chi connectivity index (χ0) is 25.6. The molecule has 0 radical (unpaired) electrons. The van der Waals surface area contributed by atoms with E-state index in [0.29, 0.717) is 40.4 Å². The lowest BCUT2D eigenvalue weighted by Crippen LogP contribution is -2.30. The minimum Gasteiger partial charge on any atom is -0.384 e. The highest BCUT2D eigenvalue weighted by Gasteiger charge is 2.30. The van der Waals surface area contributed by atoms with Crippen molar-refractivity contribution in [2.45, 2.75) is 18.9 Å². The summed E-state index contributed by atoms with van der Waals surface area (Å²) in [4.78, 5) is 23.5. The normalized spacial score (nSPS) is 14.9. The maximum absolute atomic E-state index is 14.9. The third-order valence-corrected chi connectivity index (χ3v) is 6.25. The first-order valence-electron chi connectivity index (χ1n) is 10.8. The molecule has 4 heterocycles. The van der Waals surface area contributed by atoms with Gasteiger partial charge in [0.15, 0.2) is 0 Å². The predicted octanol–water partition coefficient (Wildman–Crippen LogP) is 2.93. The number of hydrogen-bond donors (Lipinski definition) is 4. The molecule has 36 heavy (non-hydrogen) atoms. The summed E-state index contributed by atoms with van der Waals surface area (Å²) in [6.45, 7) is 0. The topological polar surface area (TPSA) is 157 Å². The average Bonchev–Trinajstić information content (AvgIpc) is 3.42. The first-order valence-corrected chi connectivity index (χ1v) is 11.1. The number of nitrogens with zero attached hydrogens (tertiary/aromatic N) is 5. The van der Waals surface area contributed by atoms with Gasteiger partial charge in [0.25, 0.3) is 5.56 Å². The third kappa shape index (κ3) is 4.06. The number of pyridine rings is 2. The van der Waals surface area contributed by atoms with Crippen molar-refractivity contribution >= 4 is 29.4 Å². The van der Waals surface area contributed by atoms with Crippen molar-refractivity contribution in [1.82, 2.24) is 19.5 Å². The van der Waals surface area contributed by atoms with E-state index in [1.54, 1.807) is 18.2 Å². The fourth-order valence-corrected chi connectivity index (χ4v) is 4.63. The summed E-state index contributed by atoms with van der Waals surface area (Å²) in [7, 11) is 0. The molecular weight excluding hydrogens is 492 g/mol. The van der Waals surface area contributed by atoms with E-state index in [-0.39, 0.29) is 28.5 Å². The number of rotatable bonds is 5. The fraction of sp³-hybridized carbons (Fsp3) is 0.130. The van der Waals surface area contributed by atoms with Gasteiger partial charge in [0.05, 0.1) is 23.0 Å². The molecule has 184 valence electrons. The number of aromatic nitrogens is 4. The molecule has 0 bridgehead atoms. The number of aromatic amines is 1. The van der Waals surface area contributed by atoms with Gasteiger partial charge >= 0.3 is 0 Å². The van der Waals surface area contributed by atoms with Crippen molar-refractivity contribution < 1.29 is 8.78 Å². The molecule has 0 fully saturated rings. The Balaban J connectivity index is 1.56. The smallest absolute Gasteiger partial charge is 0.251 e. The number of nitrogens with two attached hydrogens (primary N) is 3. The van der Waals surface area contributed by atoms with Crippen LogP contribution in [-0.2, 0) is 6.42 Å². The van der Waals surface area contributed by atoms with Crippen LogP contribution in [0.2, 0.25) is 5.02 Å². The van der Waals surface area contributed by atoms with Crippen LogP contribution in [0.25, 0.3) is 22.5 Å². The van der Waals surface area contributed by atoms with Crippen molar-refractivity contribution in [3.8, 4) is 22.5 Å². The van der Waals surface area contributed by atoms with Crippen LogP contribution in [0.3, 0.4) is 0 Å². The summed E-state index contributed by atoms with van der Waals surface area (Å²) in [5.41, 5.74) is 7.55. The van der Waals surface area contributed by atoms with Gasteiger partial charge in [-0.1, -0.05) is 11.6 Å². The lowest BCUT2D eigenvalue weighted by atomic mass is 10.0. The molecular formula is C23H20ClF2N9O. The molecule has 0 saturated heterocycles. The SMILES string of the molecule is N/N=C\N(N)c1ccc(Cl)cc1-c1cc2n(c(=O)c1)[C@@H](c1[nH]c(-c3ccc(N)nc3F)nc1F)CC2. The molecule has 7 N–H and O–H groups in total. The Bertz CT molecular complexity index is 1570. The minimum absolute atomic E-state index is 0.00786. The molecule has 1 aliphatic rings. The average molecular weight is 512 g/mol. The molecule has 13 heteroatoms. The minimum atomic E-state index is -0.880. The number of nitrogen functional groups attached to an aromatic ring is 1. The molecule has 0 aliphatic carbocycles. The number of anilines is 2. The van der Waals surface area contributed by atoms with Gasteiger partial charge in [-0.25, -0.2) is 10.8 Å². The predicted molar refractivity (Wildman–Crippen MR) is 133 cm³/mol. The number of benzene rings is 1. The Morgan fingerprint density at radius 1 is 1.14 bits per heavy atom. The Morgan fingerprint density at radius 2 is 1.94 bits per heavy atom. The van der Waals surface area contributed by atoms with Crippen LogP contribution < -0.4 is 28.0 Å². The number of hydrogen-bond acceptors (Lipinski definition) is 7. The first-order chi connectivity index (χ1) is 17.3. The zero-order valence-electron chi connectivity index (χ0n) is 18.6. The number of nitrogens with one attached hydrogen (secondary N) is 1. The van der Waals surface area contributed by atoms with Gasteiger partial charge in [-0.15, -0.1) is 0 Å². The molecule has 0 unspecified atom stereocenters. The van der Waals surface area contributed by atoms with Gasteiger partial charge in [-0.2, -0.15) is 18.9 Å². The van der Waals surface area contributed by atoms with Crippen LogP contribution >= 0.6 is 11.6 Å². The van der Waals surface area contributed by atoms with Crippen molar-refractivity contribution in [2.24, 2.45) is 16.8 Å². The highest BCUT2D eigenvalue weighted by Crippen LogP contribution is 2.36. The van der Waals surface area contributed by atoms with Gasteiger partial charge in [-0.3, -0.25) is 9.80 Å². The molecule has 0 amide bonds. The van der Waals surface area contributed by atoms with E-state index in [0.717, 1.165) is 0 Å². The maximum atomic E-state index is 14.9. The summed E-state index contributed by atoms with van der Waals surface area (Å²) in [6, 6.07) is 10.3. The van der Waals surface area contributed by atoms with Gasteiger partial charge in [0.1, 0.15) is 18.0 Å². The second-order valence-corrected chi connectivity index (χ2v) is 8.63.